The molecule has 0 aliphatic rings. The molecule has 0 bridgehead atoms. The van der Waals surface area contributed by atoms with Gasteiger partial charge in [-0.15, -0.1) is 0 Å². The van der Waals surface area contributed by atoms with Crippen LogP contribution in [0.5, 0.6) is 0 Å². The Hall–Kier alpha value is -1.06. The average molecular weight is 261 g/mol. The average Bonchev–Trinajstić information content (AvgIpc) is 2.22. The van der Waals surface area contributed by atoms with Crippen LogP contribution < -0.4 is 0 Å². The molecule has 5 heteroatoms. The van der Waals surface area contributed by atoms with E-state index in [1.807, 2.05) is 0 Å². The van der Waals surface area contributed by atoms with E-state index in [1.54, 1.807) is 19.1 Å². The van der Waals surface area contributed by atoms with Crippen molar-refractivity contribution in [2.75, 3.05) is 6.61 Å². The molecule has 0 spiro atoms. The van der Waals surface area contributed by atoms with Gasteiger partial charge in [-0.3, -0.25) is 4.79 Å². The van der Waals surface area contributed by atoms with Gasteiger partial charge in [0.25, 0.3) is 0 Å². The number of hydrogen-bond donors (Lipinski definition) is 0. The van der Waals surface area contributed by atoms with Crippen molar-refractivity contribution in [2.45, 2.75) is 12.8 Å². The lowest BCUT2D eigenvalue weighted by Crippen LogP contribution is -2.17. The normalized spacial score (nSPS) is 11.9. The molecule has 0 amide bonds. The number of halogens is 2. The Kier molecular flexibility index (Phi) is 4.77. The van der Waals surface area contributed by atoms with Gasteiger partial charge in [-0.2, -0.15) is 0 Å². The molecular formula is C11H10Cl2O3. The first kappa shape index (κ1) is 13.0. The van der Waals surface area contributed by atoms with E-state index >= 15 is 0 Å². The van der Waals surface area contributed by atoms with Gasteiger partial charge in [-0.1, -0.05) is 29.3 Å². The first-order chi connectivity index (χ1) is 7.60. The minimum Gasteiger partial charge on any atom is -0.465 e. The van der Waals surface area contributed by atoms with Gasteiger partial charge >= 0.3 is 5.97 Å². The third-order valence-electron chi connectivity index (χ3n) is 1.97. The van der Waals surface area contributed by atoms with E-state index in [1.165, 1.54) is 6.07 Å². The molecule has 3 nitrogen and oxygen atoms in total. The predicted molar refractivity (Wildman–Crippen MR) is 61.9 cm³/mol. The molecule has 0 saturated carbocycles. The Morgan fingerprint density at radius 1 is 1.50 bits per heavy atom. The number of hydrogen-bond acceptors (Lipinski definition) is 3. The number of benzene rings is 1. The highest BCUT2D eigenvalue weighted by Gasteiger charge is 2.23. The van der Waals surface area contributed by atoms with Crippen LogP contribution in [-0.4, -0.2) is 18.9 Å². The van der Waals surface area contributed by atoms with Crippen LogP contribution in [0, 0.1) is 0 Å². The number of rotatable bonds is 4. The largest absolute Gasteiger partial charge is 0.465 e. The van der Waals surface area contributed by atoms with E-state index in [9.17, 15) is 9.59 Å². The molecule has 0 aliphatic carbocycles. The fourth-order valence-electron chi connectivity index (χ4n) is 1.24. The Labute approximate surface area is 103 Å². The van der Waals surface area contributed by atoms with Crippen molar-refractivity contribution in [3.63, 3.8) is 0 Å². The SMILES string of the molecule is CCOC(=O)C(C=O)c1ccc(Cl)cc1Cl. The molecule has 0 heterocycles. The van der Waals surface area contributed by atoms with Crippen molar-refractivity contribution >= 4 is 35.5 Å². The third kappa shape index (κ3) is 2.97. The lowest BCUT2D eigenvalue weighted by atomic mass is 10.0. The Morgan fingerprint density at radius 3 is 2.69 bits per heavy atom. The first-order valence-corrected chi connectivity index (χ1v) is 5.42. The summed E-state index contributed by atoms with van der Waals surface area (Å²) in [5, 5.41) is 0.722. The number of ether oxygens (including phenoxy) is 1. The quantitative estimate of drug-likeness (QED) is 0.475. The highest BCUT2D eigenvalue weighted by molar-refractivity contribution is 6.35. The zero-order valence-electron chi connectivity index (χ0n) is 8.57. The van der Waals surface area contributed by atoms with Crippen molar-refractivity contribution < 1.29 is 14.3 Å². The Balaban J connectivity index is 3.04. The second kappa shape index (κ2) is 5.87. The maximum atomic E-state index is 11.5. The monoisotopic (exact) mass is 260 g/mol. The molecule has 1 rings (SSSR count). The molecule has 1 unspecified atom stereocenters. The summed E-state index contributed by atoms with van der Waals surface area (Å²) in [6.45, 7) is 1.89. The summed E-state index contributed by atoms with van der Waals surface area (Å²) in [6.07, 6.45) is 0.507. The summed E-state index contributed by atoms with van der Waals surface area (Å²) in [7, 11) is 0. The molecule has 0 N–H and O–H groups in total. The van der Waals surface area contributed by atoms with Crippen LogP contribution in [0.15, 0.2) is 18.2 Å². The molecule has 1 aromatic rings. The van der Waals surface area contributed by atoms with Gasteiger partial charge in [0.1, 0.15) is 12.2 Å². The van der Waals surface area contributed by atoms with Crippen LogP contribution in [0.3, 0.4) is 0 Å². The fraction of sp³-hybridized carbons (Fsp3) is 0.273. The van der Waals surface area contributed by atoms with Crippen LogP contribution >= 0.6 is 23.2 Å². The topological polar surface area (TPSA) is 43.4 Å². The van der Waals surface area contributed by atoms with E-state index in [0.29, 0.717) is 16.9 Å². The lowest BCUT2D eigenvalue weighted by Gasteiger charge is -2.11. The van der Waals surface area contributed by atoms with Crippen LogP contribution in [0.4, 0.5) is 0 Å². The van der Waals surface area contributed by atoms with E-state index in [0.717, 1.165) is 0 Å². The number of carbonyl (C=O) groups excluding carboxylic acids is 2. The molecule has 1 atom stereocenters. The number of aldehydes is 1. The summed E-state index contributed by atoms with van der Waals surface area (Å²) in [4.78, 5) is 22.3. The zero-order valence-corrected chi connectivity index (χ0v) is 10.1. The van der Waals surface area contributed by atoms with Crippen molar-refractivity contribution in [1.29, 1.82) is 0 Å². The van der Waals surface area contributed by atoms with E-state index in [-0.39, 0.29) is 11.6 Å². The summed E-state index contributed by atoms with van der Waals surface area (Å²) in [5.41, 5.74) is 0.402. The molecule has 16 heavy (non-hydrogen) atoms. The minimum absolute atomic E-state index is 0.217. The molecule has 0 saturated heterocycles. The molecular weight excluding hydrogens is 251 g/mol. The number of esters is 1. The highest BCUT2D eigenvalue weighted by Crippen LogP contribution is 2.27. The maximum absolute atomic E-state index is 11.5. The molecule has 0 fully saturated rings. The van der Waals surface area contributed by atoms with Crippen molar-refractivity contribution in [1.82, 2.24) is 0 Å². The lowest BCUT2D eigenvalue weighted by molar-refractivity contribution is -0.146. The zero-order chi connectivity index (χ0) is 12.1. The smallest absolute Gasteiger partial charge is 0.320 e. The summed E-state index contributed by atoms with van der Waals surface area (Å²) >= 11 is 11.6. The standard InChI is InChI=1S/C11H10Cl2O3/c1-2-16-11(15)9(6-14)8-4-3-7(12)5-10(8)13/h3-6,9H,2H2,1H3. The number of carbonyl (C=O) groups is 2. The molecule has 86 valence electrons. The van der Waals surface area contributed by atoms with E-state index in [2.05, 4.69) is 0 Å². The van der Waals surface area contributed by atoms with Crippen LogP contribution in [0.25, 0.3) is 0 Å². The summed E-state index contributed by atoms with van der Waals surface area (Å²) in [6, 6.07) is 4.59. The van der Waals surface area contributed by atoms with Crippen LogP contribution in [0.2, 0.25) is 10.0 Å². The Morgan fingerprint density at radius 2 is 2.19 bits per heavy atom. The highest BCUT2D eigenvalue weighted by atomic mass is 35.5. The van der Waals surface area contributed by atoms with Crippen molar-refractivity contribution in [3.05, 3.63) is 33.8 Å². The van der Waals surface area contributed by atoms with Gasteiger partial charge in [0.2, 0.25) is 0 Å². The summed E-state index contributed by atoms with van der Waals surface area (Å²) in [5.74, 6) is -1.61. The second-order valence-corrected chi connectivity index (χ2v) is 3.88. The second-order valence-electron chi connectivity index (χ2n) is 3.03. The van der Waals surface area contributed by atoms with E-state index < -0.39 is 11.9 Å². The van der Waals surface area contributed by atoms with Gasteiger partial charge in [-0.25, -0.2) is 0 Å². The van der Waals surface area contributed by atoms with Crippen LogP contribution in [-0.2, 0) is 14.3 Å². The minimum atomic E-state index is -0.996. The molecule has 0 radical (unpaired) electrons. The van der Waals surface area contributed by atoms with Gasteiger partial charge in [0, 0.05) is 10.0 Å². The Bertz CT molecular complexity index is 404. The van der Waals surface area contributed by atoms with Crippen LogP contribution in [0.1, 0.15) is 18.4 Å². The van der Waals surface area contributed by atoms with Crippen molar-refractivity contribution in [2.24, 2.45) is 0 Å². The van der Waals surface area contributed by atoms with Crippen molar-refractivity contribution in [3.8, 4) is 0 Å². The molecule has 0 aromatic heterocycles. The maximum Gasteiger partial charge on any atom is 0.320 e. The predicted octanol–water partition coefficient (Wildman–Crippen LogP) is 2.84. The van der Waals surface area contributed by atoms with Gasteiger partial charge < -0.3 is 9.53 Å². The van der Waals surface area contributed by atoms with Gasteiger partial charge in [0.05, 0.1) is 6.61 Å². The van der Waals surface area contributed by atoms with Gasteiger partial charge in [-0.05, 0) is 24.6 Å². The fourth-order valence-corrected chi connectivity index (χ4v) is 1.77. The van der Waals surface area contributed by atoms with E-state index in [4.69, 9.17) is 27.9 Å². The van der Waals surface area contributed by atoms with Gasteiger partial charge in [0.15, 0.2) is 0 Å². The summed E-state index contributed by atoms with van der Waals surface area (Å²) < 4.78 is 4.77. The first-order valence-electron chi connectivity index (χ1n) is 4.67. The molecule has 0 aliphatic heterocycles. The molecule has 1 aromatic carbocycles. The third-order valence-corrected chi connectivity index (χ3v) is 2.54.